The van der Waals surface area contributed by atoms with Crippen LogP contribution >= 0.6 is 0 Å². The Morgan fingerprint density at radius 1 is 1.59 bits per heavy atom. The first kappa shape index (κ1) is 11.9. The van der Waals surface area contributed by atoms with E-state index < -0.39 is 0 Å². The van der Waals surface area contributed by atoms with Gasteiger partial charge in [-0.1, -0.05) is 0 Å². The lowest BCUT2D eigenvalue weighted by Crippen LogP contribution is -2.44. The molecule has 0 aromatic carbocycles. The van der Waals surface area contributed by atoms with Crippen molar-refractivity contribution in [3.63, 3.8) is 0 Å². The number of ether oxygens (including phenoxy) is 1. The second kappa shape index (κ2) is 5.15. The Labute approximate surface area is 102 Å². The predicted molar refractivity (Wildman–Crippen MR) is 65.8 cm³/mol. The molecule has 90 valence electrons. The smallest absolute Gasteiger partial charge is 0.146 e. The normalized spacial score (nSPS) is 24.4. The van der Waals surface area contributed by atoms with E-state index in [1.54, 1.807) is 19.4 Å². The minimum absolute atomic E-state index is 0.329. The van der Waals surface area contributed by atoms with Crippen molar-refractivity contribution >= 4 is 5.82 Å². The molecule has 0 bridgehead atoms. The summed E-state index contributed by atoms with van der Waals surface area (Å²) in [5, 5.41) is 9.09. The fourth-order valence-electron chi connectivity index (χ4n) is 2.37. The van der Waals surface area contributed by atoms with E-state index in [1.165, 1.54) is 0 Å². The van der Waals surface area contributed by atoms with Gasteiger partial charge in [0.25, 0.3) is 0 Å². The lowest BCUT2D eigenvalue weighted by atomic mass is 10.00. The molecule has 1 aromatic heterocycles. The third-order valence-corrected chi connectivity index (χ3v) is 3.34. The first-order chi connectivity index (χ1) is 8.26. The van der Waals surface area contributed by atoms with Crippen molar-refractivity contribution in [2.75, 3.05) is 18.6 Å². The van der Waals surface area contributed by atoms with Gasteiger partial charge in [-0.15, -0.1) is 0 Å². The van der Waals surface area contributed by atoms with Crippen molar-refractivity contribution in [3.05, 3.63) is 23.9 Å². The van der Waals surface area contributed by atoms with Gasteiger partial charge in [-0.2, -0.15) is 5.26 Å². The molecular weight excluding hydrogens is 214 g/mol. The molecule has 0 aliphatic carbocycles. The van der Waals surface area contributed by atoms with Gasteiger partial charge in [-0.05, 0) is 31.9 Å². The quantitative estimate of drug-likeness (QED) is 0.780. The minimum atomic E-state index is 0.329. The molecule has 4 heteroatoms. The number of rotatable bonds is 2. The number of hydrogen-bond donors (Lipinski definition) is 0. The topological polar surface area (TPSA) is 49.1 Å². The van der Waals surface area contributed by atoms with Crippen LogP contribution in [0.3, 0.4) is 0 Å². The largest absolute Gasteiger partial charge is 0.381 e. The number of pyridine rings is 1. The fraction of sp³-hybridized carbons (Fsp3) is 0.538. The Hall–Kier alpha value is -1.60. The van der Waals surface area contributed by atoms with E-state index in [2.05, 4.69) is 22.9 Å². The molecule has 1 aromatic rings. The summed E-state index contributed by atoms with van der Waals surface area (Å²) in [7, 11) is 1.76. The SMILES string of the molecule is COC1CCN(c2ncccc2C#N)C(C)C1. The lowest BCUT2D eigenvalue weighted by molar-refractivity contribution is 0.0719. The van der Waals surface area contributed by atoms with Crippen LogP contribution in [-0.2, 0) is 4.74 Å². The average molecular weight is 231 g/mol. The molecule has 1 fully saturated rings. The van der Waals surface area contributed by atoms with Gasteiger partial charge in [0.1, 0.15) is 11.9 Å². The standard InChI is InChI=1S/C13H17N3O/c1-10-8-12(17-2)5-7-16(10)13-11(9-14)4-3-6-15-13/h3-4,6,10,12H,5,7-8H2,1-2H3. The number of hydrogen-bond acceptors (Lipinski definition) is 4. The summed E-state index contributed by atoms with van der Waals surface area (Å²) < 4.78 is 5.39. The molecule has 1 aliphatic rings. The van der Waals surface area contributed by atoms with Crippen LogP contribution in [0.2, 0.25) is 0 Å². The highest BCUT2D eigenvalue weighted by Gasteiger charge is 2.27. The van der Waals surface area contributed by atoms with Crippen molar-refractivity contribution in [3.8, 4) is 6.07 Å². The van der Waals surface area contributed by atoms with Crippen LogP contribution in [0.25, 0.3) is 0 Å². The predicted octanol–water partition coefficient (Wildman–Crippen LogP) is 1.96. The lowest BCUT2D eigenvalue weighted by Gasteiger charge is -2.38. The van der Waals surface area contributed by atoms with Crippen molar-refractivity contribution in [1.29, 1.82) is 5.26 Å². The molecule has 2 heterocycles. The van der Waals surface area contributed by atoms with Crippen LogP contribution in [0.4, 0.5) is 5.82 Å². The number of aromatic nitrogens is 1. The average Bonchev–Trinajstić information content (AvgIpc) is 2.38. The van der Waals surface area contributed by atoms with Crippen LogP contribution in [-0.4, -0.2) is 30.8 Å². The zero-order chi connectivity index (χ0) is 12.3. The van der Waals surface area contributed by atoms with E-state index in [0.29, 0.717) is 17.7 Å². The molecular formula is C13H17N3O. The van der Waals surface area contributed by atoms with Gasteiger partial charge < -0.3 is 9.64 Å². The fourth-order valence-corrected chi connectivity index (χ4v) is 2.37. The number of nitriles is 1. The highest BCUT2D eigenvalue weighted by molar-refractivity contribution is 5.54. The summed E-state index contributed by atoms with van der Waals surface area (Å²) >= 11 is 0. The van der Waals surface area contributed by atoms with E-state index in [4.69, 9.17) is 10.00 Å². The first-order valence-corrected chi connectivity index (χ1v) is 5.90. The van der Waals surface area contributed by atoms with E-state index in [-0.39, 0.29) is 0 Å². The Kier molecular flexibility index (Phi) is 3.60. The van der Waals surface area contributed by atoms with E-state index in [1.807, 2.05) is 6.07 Å². The van der Waals surface area contributed by atoms with Crippen molar-refractivity contribution in [2.24, 2.45) is 0 Å². The molecule has 0 spiro atoms. The van der Waals surface area contributed by atoms with Crippen molar-refractivity contribution in [1.82, 2.24) is 4.98 Å². The number of piperidine rings is 1. The third-order valence-electron chi connectivity index (χ3n) is 3.34. The maximum absolute atomic E-state index is 9.09. The molecule has 2 rings (SSSR count). The zero-order valence-corrected chi connectivity index (χ0v) is 10.3. The van der Waals surface area contributed by atoms with Gasteiger partial charge in [-0.25, -0.2) is 4.98 Å². The Bertz CT molecular complexity index is 427. The number of anilines is 1. The summed E-state index contributed by atoms with van der Waals surface area (Å²) in [6.07, 6.45) is 4.04. The van der Waals surface area contributed by atoms with Gasteiger partial charge in [0.05, 0.1) is 11.7 Å². The van der Waals surface area contributed by atoms with Crippen LogP contribution < -0.4 is 4.90 Å². The van der Waals surface area contributed by atoms with E-state index in [0.717, 1.165) is 25.2 Å². The van der Waals surface area contributed by atoms with Gasteiger partial charge in [0.2, 0.25) is 0 Å². The van der Waals surface area contributed by atoms with Crippen molar-refractivity contribution in [2.45, 2.75) is 31.9 Å². The Morgan fingerprint density at radius 3 is 3.06 bits per heavy atom. The molecule has 0 radical (unpaired) electrons. The Morgan fingerprint density at radius 2 is 2.41 bits per heavy atom. The third kappa shape index (κ3) is 2.40. The highest BCUT2D eigenvalue weighted by atomic mass is 16.5. The Balaban J connectivity index is 2.21. The highest BCUT2D eigenvalue weighted by Crippen LogP contribution is 2.26. The van der Waals surface area contributed by atoms with Crippen LogP contribution in [0.15, 0.2) is 18.3 Å². The molecule has 2 unspecified atom stereocenters. The summed E-state index contributed by atoms with van der Waals surface area (Å²) in [5.41, 5.74) is 0.648. The monoisotopic (exact) mass is 231 g/mol. The summed E-state index contributed by atoms with van der Waals surface area (Å²) in [6, 6.07) is 6.18. The van der Waals surface area contributed by atoms with Crippen molar-refractivity contribution < 1.29 is 4.74 Å². The van der Waals surface area contributed by atoms with E-state index in [9.17, 15) is 0 Å². The van der Waals surface area contributed by atoms with Crippen LogP contribution in [0.5, 0.6) is 0 Å². The van der Waals surface area contributed by atoms with Gasteiger partial charge in [-0.3, -0.25) is 0 Å². The van der Waals surface area contributed by atoms with Gasteiger partial charge in [0, 0.05) is 25.9 Å². The second-order valence-corrected chi connectivity index (χ2v) is 4.41. The molecule has 0 saturated carbocycles. The summed E-state index contributed by atoms with van der Waals surface area (Å²) in [5.74, 6) is 0.803. The number of nitrogens with zero attached hydrogens (tertiary/aromatic N) is 3. The maximum atomic E-state index is 9.09. The first-order valence-electron chi connectivity index (χ1n) is 5.90. The molecule has 4 nitrogen and oxygen atoms in total. The molecule has 17 heavy (non-hydrogen) atoms. The van der Waals surface area contributed by atoms with Gasteiger partial charge in [0.15, 0.2) is 0 Å². The van der Waals surface area contributed by atoms with Crippen LogP contribution in [0, 0.1) is 11.3 Å². The van der Waals surface area contributed by atoms with E-state index >= 15 is 0 Å². The molecule has 0 N–H and O–H groups in total. The summed E-state index contributed by atoms with van der Waals surface area (Å²) in [4.78, 5) is 6.54. The minimum Gasteiger partial charge on any atom is -0.381 e. The number of methoxy groups -OCH3 is 1. The molecule has 1 aliphatic heterocycles. The van der Waals surface area contributed by atoms with Crippen LogP contribution in [0.1, 0.15) is 25.3 Å². The molecule has 1 saturated heterocycles. The maximum Gasteiger partial charge on any atom is 0.146 e. The molecule has 2 atom stereocenters. The summed E-state index contributed by atoms with van der Waals surface area (Å²) in [6.45, 7) is 3.05. The molecule has 0 amide bonds. The zero-order valence-electron chi connectivity index (χ0n) is 10.3. The second-order valence-electron chi connectivity index (χ2n) is 4.41. The van der Waals surface area contributed by atoms with Gasteiger partial charge >= 0.3 is 0 Å².